The van der Waals surface area contributed by atoms with Crippen molar-refractivity contribution in [2.24, 2.45) is 0 Å². The second-order valence-electron chi connectivity index (χ2n) is 8.27. The Labute approximate surface area is 225 Å². The van der Waals surface area contributed by atoms with Crippen molar-refractivity contribution in [1.29, 1.82) is 0 Å². The maximum absolute atomic E-state index is 13.3. The fourth-order valence-electron chi connectivity index (χ4n) is 3.63. The normalized spacial score (nSPS) is 11.1. The highest BCUT2D eigenvalue weighted by Gasteiger charge is 2.32. The van der Waals surface area contributed by atoms with Gasteiger partial charge >= 0.3 is 18.2 Å². The van der Waals surface area contributed by atoms with Gasteiger partial charge in [0.05, 0.1) is 35.0 Å². The summed E-state index contributed by atoms with van der Waals surface area (Å²) in [5, 5.41) is 4.92. The van der Waals surface area contributed by atoms with Gasteiger partial charge in [-0.1, -0.05) is 42.5 Å². The molecular weight excluding hydrogens is 525 g/mol. The maximum atomic E-state index is 13.3. The van der Waals surface area contributed by atoms with Crippen molar-refractivity contribution in [1.82, 2.24) is 24.9 Å². The van der Waals surface area contributed by atoms with Crippen LogP contribution in [0.15, 0.2) is 91.8 Å². The average molecular weight is 544 g/mol. The van der Waals surface area contributed by atoms with Crippen LogP contribution in [0.2, 0.25) is 0 Å². The molecule has 10 nitrogen and oxygen atoms in total. The van der Waals surface area contributed by atoms with E-state index in [1.54, 1.807) is 60.8 Å². The molecule has 200 valence electrons. The molecule has 13 heteroatoms. The molecule has 5 rings (SSSR count). The number of anilines is 3. The Bertz CT molecular complexity index is 1630. The van der Waals surface area contributed by atoms with Gasteiger partial charge in [-0.25, -0.2) is 24.7 Å². The molecule has 0 saturated carbocycles. The smallest absolute Gasteiger partial charge is 0.417 e. The van der Waals surface area contributed by atoms with Crippen molar-refractivity contribution in [2.45, 2.75) is 6.18 Å². The summed E-state index contributed by atoms with van der Waals surface area (Å²) in [6.07, 6.45) is 1.64. The Morgan fingerprint density at radius 2 is 1.55 bits per heavy atom. The zero-order valence-electron chi connectivity index (χ0n) is 20.4. The molecule has 40 heavy (non-hydrogen) atoms. The number of rotatable bonds is 6. The van der Waals surface area contributed by atoms with Gasteiger partial charge < -0.3 is 21.1 Å². The number of carbonyl (C=O) groups is 1. The summed E-state index contributed by atoms with van der Waals surface area (Å²) in [6, 6.07) is 15.5. The second kappa shape index (κ2) is 11.0. The van der Waals surface area contributed by atoms with Gasteiger partial charge in [-0.3, -0.25) is 4.98 Å². The van der Waals surface area contributed by atoms with E-state index in [2.05, 4.69) is 35.6 Å². The largest absolute Gasteiger partial charge is 0.424 e. The van der Waals surface area contributed by atoms with Gasteiger partial charge in [0.1, 0.15) is 17.9 Å². The van der Waals surface area contributed by atoms with E-state index in [1.165, 1.54) is 18.7 Å². The SMILES string of the molecule is Nc1ncncc1-c1ccc(Oc2ncc(NC(=O)Nc3cc(C(F)(F)F)cnc3-c3ccccc3)cn2)cc1. The van der Waals surface area contributed by atoms with E-state index in [4.69, 9.17) is 10.5 Å². The molecule has 0 aliphatic carbocycles. The minimum atomic E-state index is -4.64. The van der Waals surface area contributed by atoms with Crippen LogP contribution in [0.3, 0.4) is 0 Å². The van der Waals surface area contributed by atoms with Gasteiger partial charge in [-0.2, -0.15) is 13.2 Å². The Morgan fingerprint density at radius 3 is 2.23 bits per heavy atom. The van der Waals surface area contributed by atoms with Crippen molar-refractivity contribution < 1.29 is 22.7 Å². The van der Waals surface area contributed by atoms with Crippen molar-refractivity contribution in [2.75, 3.05) is 16.4 Å². The number of alkyl halides is 3. The molecule has 0 atom stereocenters. The number of nitrogen functional groups attached to an aromatic ring is 1. The summed E-state index contributed by atoms with van der Waals surface area (Å²) < 4.78 is 45.5. The van der Waals surface area contributed by atoms with Gasteiger partial charge in [0.15, 0.2) is 0 Å². The van der Waals surface area contributed by atoms with Crippen molar-refractivity contribution in [3.8, 4) is 34.1 Å². The van der Waals surface area contributed by atoms with Gasteiger partial charge in [-0.05, 0) is 23.8 Å². The molecule has 2 aromatic carbocycles. The molecule has 0 unspecified atom stereocenters. The molecule has 0 spiro atoms. The van der Waals surface area contributed by atoms with Gasteiger partial charge in [0, 0.05) is 23.5 Å². The number of amides is 2. The Morgan fingerprint density at radius 1 is 0.825 bits per heavy atom. The third-order valence-corrected chi connectivity index (χ3v) is 5.51. The zero-order valence-corrected chi connectivity index (χ0v) is 20.4. The number of nitrogens with one attached hydrogen (secondary N) is 2. The molecule has 3 aromatic heterocycles. The molecule has 0 aliphatic heterocycles. The number of carbonyl (C=O) groups excluding carboxylic acids is 1. The number of nitrogens with zero attached hydrogens (tertiary/aromatic N) is 5. The summed E-state index contributed by atoms with van der Waals surface area (Å²) >= 11 is 0. The number of ether oxygens (including phenoxy) is 1. The highest BCUT2D eigenvalue weighted by Crippen LogP contribution is 2.34. The number of nitrogens with two attached hydrogens (primary N) is 1. The van der Waals surface area contributed by atoms with E-state index in [0.29, 0.717) is 22.7 Å². The number of urea groups is 1. The van der Waals surface area contributed by atoms with Crippen LogP contribution < -0.4 is 21.1 Å². The summed E-state index contributed by atoms with van der Waals surface area (Å²) in [5.74, 6) is 0.794. The third kappa shape index (κ3) is 6.10. The highest BCUT2D eigenvalue weighted by atomic mass is 19.4. The number of benzene rings is 2. The van der Waals surface area contributed by atoms with Crippen LogP contribution in [-0.4, -0.2) is 31.0 Å². The van der Waals surface area contributed by atoms with Crippen LogP contribution >= 0.6 is 0 Å². The van der Waals surface area contributed by atoms with E-state index in [-0.39, 0.29) is 23.1 Å². The predicted molar refractivity (Wildman–Crippen MR) is 141 cm³/mol. The topological polar surface area (TPSA) is 141 Å². The fourth-order valence-corrected chi connectivity index (χ4v) is 3.63. The number of hydrogen-bond donors (Lipinski definition) is 3. The van der Waals surface area contributed by atoms with Gasteiger partial charge in [0.25, 0.3) is 0 Å². The minimum Gasteiger partial charge on any atom is -0.424 e. The number of halogens is 3. The highest BCUT2D eigenvalue weighted by molar-refractivity contribution is 6.01. The number of pyridine rings is 1. The molecule has 0 bridgehead atoms. The quantitative estimate of drug-likeness (QED) is 0.235. The molecule has 0 aliphatic rings. The summed E-state index contributed by atoms with van der Waals surface area (Å²) in [4.78, 5) is 32.6. The molecule has 3 heterocycles. The Hall–Kier alpha value is -5.59. The summed E-state index contributed by atoms with van der Waals surface area (Å²) in [6.45, 7) is 0. The van der Waals surface area contributed by atoms with Gasteiger partial charge in [0.2, 0.25) is 0 Å². The molecule has 5 aromatic rings. The summed E-state index contributed by atoms with van der Waals surface area (Å²) in [5.41, 5.74) is 7.12. The molecule has 0 saturated heterocycles. The Kier molecular flexibility index (Phi) is 7.18. The average Bonchev–Trinajstić information content (AvgIpc) is 2.95. The molecule has 4 N–H and O–H groups in total. The molecular formula is C27H19F3N8O2. The van der Waals surface area contributed by atoms with Gasteiger partial charge in [-0.15, -0.1) is 0 Å². The first-order valence-electron chi connectivity index (χ1n) is 11.6. The summed E-state index contributed by atoms with van der Waals surface area (Å²) in [7, 11) is 0. The number of hydrogen-bond acceptors (Lipinski definition) is 8. The van der Waals surface area contributed by atoms with Crippen LogP contribution in [0.1, 0.15) is 5.56 Å². The molecule has 2 amide bonds. The van der Waals surface area contributed by atoms with Crippen LogP contribution in [0.4, 0.5) is 35.2 Å². The lowest BCUT2D eigenvalue weighted by atomic mass is 10.1. The lowest BCUT2D eigenvalue weighted by Gasteiger charge is -2.14. The van der Waals surface area contributed by atoms with E-state index in [0.717, 1.165) is 17.8 Å². The standard InChI is InChI=1S/C27H19F3N8O2/c28-27(29,30)18-10-22(23(33-11-18)17-4-2-1-3-5-17)38-25(39)37-19-12-34-26(35-13-19)40-20-8-6-16(7-9-20)21-14-32-15-36-24(21)31/h1-15H,(H2,31,32,36)(H2,37,38,39). The predicted octanol–water partition coefficient (Wildman–Crippen LogP) is 6.03. The Balaban J connectivity index is 1.26. The number of aromatic nitrogens is 5. The maximum Gasteiger partial charge on any atom is 0.417 e. The van der Waals surface area contributed by atoms with Crippen LogP contribution in [0.25, 0.3) is 22.4 Å². The van der Waals surface area contributed by atoms with E-state index >= 15 is 0 Å². The monoisotopic (exact) mass is 544 g/mol. The van der Waals surface area contributed by atoms with Crippen molar-refractivity contribution >= 4 is 23.2 Å². The van der Waals surface area contributed by atoms with Crippen molar-refractivity contribution in [3.63, 3.8) is 0 Å². The second-order valence-corrected chi connectivity index (χ2v) is 8.27. The third-order valence-electron chi connectivity index (χ3n) is 5.51. The van der Waals surface area contributed by atoms with Crippen LogP contribution in [0, 0.1) is 0 Å². The first-order valence-corrected chi connectivity index (χ1v) is 11.6. The first kappa shape index (κ1) is 26.0. The fraction of sp³-hybridized carbons (Fsp3) is 0.0370. The lowest BCUT2D eigenvalue weighted by molar-refractivity contribution is -0.137. The first-order chi connectivity index (χ1) is 19.3. The zero-order chi connectivity index (χ0) is 28.1. The van der Waals surface area contributed by atoms with Crippen molar-refractivity contribution in [3.05, 3.63) is 97.3 Å². The van der Waals surface area contributed by atoms with E-state index < -0.39 is 17.8 Å². The van der Waals surface area contributed by atoms with Crippen LogP contribution in [-0.2, 0) is 6.18 Å². The van der Waals surface area contributed by atoms with E-state index in [1.807, 2.05) is 0 Å². The van der Waals surface area contributed by atoms with Crippen LogP contribution in [0.5, 0.6) is 11.8 Å². The minimum absolute atomic E-state index is 0.00899. The lowest BCUT2D eigenvalue weighted by Crippen LogP contribution is -2.21. The van der Waals surface area contributed by atoms with E-state index in [9.17, 15) is 18.0 Å². The molecule has 0 radical (unpaired) electrons. The molecule has 0 fully saturated rings.